The van der Waals surface area contributed by atoms with Crippen molar-refractivity contribution in [1.29, 1.82) is 0 Å². The molecule has 0 bridgehead atoms. The van der Waals surface area contributed by atoms with E-state index in [2.05, 4.69) is 20.2 Å². The zero-order chi connectivity index (χ0) is 18.8. The summed E-state index contributed by atoms with van der Waals surface area (Å²) in [6.07, 6.45) is 5.02. The number of carbonyl (C=O) groups excluding carboxylic acids is 1. The van der Waals surface area contributed by atoms with Crippen LogP contribution in [0.1, 0.15) is 53.9 Å². The van der Waals surface area contributed by atoms with Gasteiger partial charge in [0.25, 0.3) is 5.91 Å². The molecule has 1 atom stereocenters. The first-order valence-electron chi connectivity index (χ1n) is 9.50. The van der Waals surface area contributed by atoms with Gasteiger partial charge in [-0.15, -0.1) is 0 Å². The lowest BCUT2D eigenvalue weighted by Crippen LogP contribution is -2.31. The van der Waals surface area contributed by atoms with Crippen LogP contribution in [0.4, 0.5) is 5.82 Å². The van der Waals surface area contributed by atoms with Crippen molar-refractivity contribution in [3.63, 3.8) is 0 Å². The van der Waals surface area contributed by atoms with Crippen molar-refractivity contribution in [1.82, 2.24) is 15.3 Å². The molecular weight excluding hydrogens is 340 g/mol. The highest BCUT2D eigenvalue weighted by atomic mass is 16.3. The van der Waals surface area contributed by atoms with Crippen molar-refractivity contribution in [2.45, 2.75) is 39.2 Å². The number of nitrogens with one attached hydrogen (secondary N) is 1. The number of hydrogen-bond donors (Lipinski definition) is 1. The molecule has 140 valence electrons. The molecule has 1 fully saturated rings. The molecule has 3 aromatic rings. The van der Waals surface area contributed by atoms with E-state index in [9.17, 15) is 4.79 Å². The van der Waals surface area contributed by atoms with Crippen LogP contribution >= 0.6 is 0 Å². The van der Waals surface area contributed by atoms with Gasteiger partial charge in [0, 0.05) is 13.1 Å². The first-order chi connectivity index (χ1) is 13.1. The number of hydrogen-bond acceptors (Lipinski definition) is 5. The fourth-order valence-electron chi connectivity index (χ4n) is 3.74. The van der Waals surface area contributed by atoms with Gasteiger partial charge in [0.1, 0.15) is 17.9 Å². The average Bonchev–Trinajstić information content (AvgIpc) is 3.05. The number of nitrogens with zero attached hydrogens (tertiary/aromatic N) is 3. The third-order valence-electron chi connectivity index (χ3n) is 5.17. The molecule has 4 rings (SSSR count). The molecule has 1 aromatic carbocycles. The molecule has 1 saturated heterocycles. The lowest BCUT2D eigenvalue weighted by Gasteiger charge is -2.28. The topological polar surface area (TPSA) is 71.3 Å². The number of anilines is 1. The van der Waals surface area contributed by atoms with Crippen molar-refractivity contribution >= 4 is 22.8 Å². The van der Waals surface area contributed by atoms with Crippen molar-refractivity contribution < 1.29 is 9.21 Å². The van der Waals surface area contributed by atoms with Crippen LogP contribution in [-0.4, -0.2) is 29.0 Å². The Bertz CT molecular complexity index is 945. The Morgan fingerprint density at radius 2 is 1.89 bits per heavy atom. The fourth-order valence-corrected chi connectivity index (χ4v) is 3.74. The maximum atomic E-state index is 13.1. The number of rotatable bonds is 4. The largest absolute Gasteiger partial charge is 0.442 e. The van der Waals surface area contributed by atoms with E-state index in [1.807, 2.05) is 44.2 Å². The number of aromatic nitrogens is 2. The maximum absolute atomic E-state index is 13.1. The number of benzene rings is 1. The number of furan rings is 1. The summed E-state index contributed by atoms with van der Waals surface area (Å²) in [6.45, 7) is 5.67. The number of fused-ring (bicyclic) bond motifs is 1. The minimum Gasteiger partial charge on any atom is -0.442 e. The van der Waals surface area contributed by atoms with Crippen molar-refractivity contribution in [3.05, 3.63) is 53.5 Å². The van der Waals surface area contributed by atoms with E-state index in [-0.39, 0.29) is 11.9 Å². The van der Waals surface area contributed by atoms with E-state index in [4.69, 9.17) is 4.42 Å². The van der Waals surface area contributed by atoms with Gasteiger partial charge >= 0.3 is 0 Å². The van der Waals surface area contributed by atoms with Crippen LogP contribution in [0.5, 0.6) is 0 Å². The second-order valence-electron chi connectivity index (χ2n) is 7.06. The van der Waals surface area contributed by atoms with Gasteiger partial charge < -0.3 is 14.6 Å². The van der Waals surface area contributed by atoms with E-state index in [1.165, 1.54) is 12.7 Å². The predicted octanol–water partition coefficient (Wildman–Crippen LogP) is 4.01. The SMILES string of the molecule is Cc1oc2ncnc(N3CCCCC3)c2c1C(=O)N[C@H](C)c1ccccc1. The summed E-state index contributed by atoms with van der Waals surface area (Å²) >= 11 is 0. The molecule has 6 heteroatoms. The first kappa shape index (κ1) is 17.5. The molecular formula is C21H24N4O2. The molecule has 27 heavy (non-hydrogen) atoms. The van der Waals surface area contributed by atoms with Gasteiger partial charge in [-0.05, 0) is 38.7 Å². The molecule has 0 saturated carbocycles. The zero-order valence-corrected chi connectivity index (χ0v) is 15.7. The van der Waals surface area contributed by atoms with Crippen LogP contribution in [0.25, 0.3) is 11.1 Å². The Balaban J connectivity index is 1.70. The fraction of sp³-hybridized carbons (Fsp3) is 0.381. The second-order valence-corrected chi connectivity index (χ2v) is 7.06. The minimum absolute atomic E-state index is 0.105. The summed E-state index contributed by atoms with van der Waals surface area (Å²) in [5, 5.41) is 3.81. The summed E-state index contributed by atoms with van der Waals surface area (Å²) in [5.41, 5.74) is 2.07. The highest BCUT2D eigenvalue weighted by Gasteiger charge is 2.26. The average molecular weight is 364 g/mol. The van der Waals surface area contributed by atoms with Crippen LogP contribution in [0, 0.1) is 6.92 Å². The molecule has 1 amide bonds. The summed E-state index contributed by atoms with van der Waals surface area (Å²) in [5.74, 6) is 1.21. The lowest BCUT2D eigenvalue weighted by molar-refractivity contribution is 0.0940. The van der Waals surface area contributed by atoms with Crippen molar-refractivity contribution in [2.75, 3.05) is 18.0 Å². The zero-order valence-electron chi connectivity index (χ0n) is 15.7. The molecule has 0 radical (unpaired) electrons. The normalized spacial score (nSPS) is 15.7. The maximum Gasteiger partial charge on any atom is 0.256 e. The quantitative estimate of drug-likeness (QED) is 0.757. The number of piperidine rings is 1. The number of aryl methyl sites for hydroxylation is 1. The number of amides is 1. The van der Waals surface area contributed by atoms with Gasteiger partial charge in [-0.2, -0.15) is 0 Å². The Hall–Kier alpha value is -2.89. The van der Waals surface area contributed by atoms with E-state index in [0.29, 0.717) is 17.0 Å². The Kier molecular flexibility index (Phi) is 4.79. The van der Waals surface area contributed by atoms with Crippen LogP contribution in [0.2, 0.25) is 0 Å². The highest BCUT2D eigenvalue weighted by molar-refractivity contribution is 6.10. The third kappa shape index (κ3) is 3.39. The number of carbonyl (C=O) groups is 1. The van der Waals surface area contributed by atoms with E-state index >= 15 is 0 Å². The van der Waals surface area contributed by atoms with E-state index in [0.717, 1.165) is 42.7 Å². The van der Waals surface area contributed by atoms with E-state index in [1.54, 1.807) is 0 Å². The first-order valence-corrected chi connectivity index (χ1v) is 9.50. The lowest BCUT2D eigenvalue weighted by atomic mass is 10.1. The van der Waals surface area contributed by atoms with E-state index < -0.39 is 0 Å². The van der Waals surface area contributed by atoms with Crippen LogP contribution < -0.4 is 10.2 Å². The Morgan fingerprint density at radius 1 is 1.15 bits per heavy atom. The monoisotopic (exact) mass is 364 g/mol. The van der Waals surface area contributed by atoms with Gasteiger partial charge in [0.2, 0.25) is 5.71 Å². The van der Waals surface area contributed by atoms with Crippen LogP contribution in [0.15, 0.2) is 41.1 Å². The van der Waals surface area contributed by atoms with Gasteiger partial charge in [-0.1, -0.05) is 30.3 Å². The van der Waals surface area contributed by atoms with Crippen LogP contribution in [0.3, 0.4) is 0 Å². The Morgan fingerprint density at radius 3 is 2.63 bits per heavy atom. The molecule has 0 spiro atoms. The molecule has 1 aliphatic heterocycles. The van der Waals surface area contributed by atoms with Gasteiger partial charge in [-0.3, -0.25) is 4.79 Å². The molecule has 3 heterocycles. The third-order valence-corrected chi connectivity index (χ3v) is 5.17. The summed E-state index contributed by atoms with van der Waals surface area (Å²) in [7, 11) is 0. The molecule has 6 nitrogen and oxygen atoms in total. The van der Waals surface area contributed by atoms with Crippen molar-refractivity contribution in [3.8, 4) is 0 Å². The standard InChI is InChI=1S/C21H24N4O2/c1-14(16-9-5-3-6-10-16)24-20(26)17-15(2)27-21-18(17)19(22-13-23-21)25-11-7-4-8-12-25/h3,5-6,9-10,13-14H,4,7-8,11-12H2,1-2H3,(H,24,26)/t14-/m1/s1. The molecule has 0 unspecified atom stereocenters. The molecule has 1 aliphatic rings. The highest BCUT2D eigenvalue weighted by Crippen LogP contribution is 2.32. The molecule has 0 aliphatic carbocycles. The molecule has 1 N–H and O–H groups in total. The molecule has 2 aromatic heterocycles. The van der Waals surface area contributed by atoms with Gasteiger partial charge in [-0.25, -0.2) is 9.97 Å². The smallest absolute Gasteiger partial charge is 0.256 e. The van der Waals surface area contributed by atoms with Crippen LogP contribution in [-0.2, 0) is 0 Å². The summed E-state index contributed by atoms with van der Waals surface area (Å²) in [4.78, 5) is 24.1. The Labute approximate surface area is 158 Å². The minimum atomic E-state index is -0.157. The van der Waals surface area contributed by atoms with Gasteiger partial charge in [0.05, 0.1) is 17.0 Å². The summed E-state index contributed by atoms with van der Waals surface area (Å²) in [6, 6.07) is 9.82. The predicted molar refractivity (Wildman–Crippen MR) is 105 cm³/mol. The second kappa shape index (κ2) is 7.39. The summed E-state index contributed by atoms with van der Waals surface area (Å²) < 4.78 is 5.80. The van der Waals surface area contributed by atoms with Crippen molar-refractivity contribution in [2.24, 2.45) is 0 Å². The van der Waals surface area contributed by atoms with Gasteiger partial charge in [0.15, 0.2) is 0 Å².